The van der Waals surface area contributed by atoms with Gasteiger partial charge in [-0.2, -0.15) is 0 Å². The van der Waals surface area contributed by atoms with Gasteiger partial charge in [-0.3, -0.25) is 0 Å². The van der Waals surface area contributed by atoms with Gasteiger partial charge >= 0.3 is 0 Å². The Hall–Kier alpha value is -1.97. The Balaban J connectivity index is 2.36. The normalized spacial score (nSPS) is 10.3. The predicted octanol–water partition coefficient (Wildman–Crippen LogP) is 3.02. The summed E-state index contributed by atoms with van der Waals surface area (Å²) in [5, 5.41) is 11.0. The molecule has 4 heteroatoms. The standard InChI is InChI=1S/C13H14FN3/c1-3-15-13-7-6-12(16-17-13)10-8-9(2)4-5-11(10)14/h4-8H,3H2,1-2H3,(H,15,17). The molecule has 0 atom stereocenters. The Kier molecular flexibility index (Phi) is 3.32. The molecule has 2 aromatic rings. The summed E-state index contributed by atoms with van der Waals surface area (Å²) in [7, 11) is 0. The lowest BCUT2D eigenvalue weighted by Gasteiger charge is -2.05. The summed E-state index contributed by atoms with van der Waals surface area (Å²) in [6.45, 7) is 4.69. The van der Waals surface area contributed by atoms with Crippen LogP contribution >= 0.6 is 0 Å². The molecule has 3 nitrogen and oxygen atoms in total. The lowest BCUT2D eigenvalue weighted by molar-refractivity contribution is 0.630. The highest BCUT2D eigenvalue weighted by Crippen LogP contribution is 2.21. The minimum Gasteiger partial charge on any atom is -0.369 e. The molecule has 0 spiro atoms. The fraction of sp³-hybridized carbons (Fsp3) is 0.231. The topological polar surface area (TPSA) is 37.8 Å². The minimum absolute atomic E-state index is 0.277. The zero-order chi connectivity index (χ0) is 12.3. The van der Waals surface area contributed by atoms with Crippen LogP contribution < -0.4 is 5.32 Å². The van der Waals surface area contributed by atoms with Crippen LogP contribution in [0.15, 0.2) is 30.3 Å². The third-order valence-electron chi connectivity index (χ3n) is 2.42. The van der Waals surface area contributed by atoms with E-state index in [2.05, 4.69) is 15.5 Å². The zero-order valence-electron chi connectivity index (χ0n) is 9.87. The van der Waals surface area contributed by atoms with E-state index in [-0.39, 0.29) is 5.82 Å². The monoisotopic (exact) mass is 231 g/mol. The Morgan fingerprint density at radius 1 is 1.18 bits per heavy atom. The molecule has 0 aliphatic heterocycles. The molecule has 0 aliphatic rings. The molecule has 0 fully saturated rings. The summed E-state index contributed by atoms with van der Waals surface area (Å²) < 4.78 is 13.6. The zero-order valence-corrected chi connectivity index (χ0v) is 9.87. The fourth-order valence-corrected chi connectivity index (χ4v) is 1.59. The molecule has 0 amide bonds. The van der Waals surface area contributed by atoms with Gasteiger partial charge in [0, 0.05) is 12.1 Å². The van der Waals surface area contributed by atoms with Crippen molar-refractivity contribution in [1.82, 2.24) is 10.2 Å². The van der Waals surface area contributed by atoms with Crippen molar-refractivity contribution in [3.63, 3.8) is 0 Å². The summed E-state index contributed by atoms with van der Waals surface area (Å²) in [6.07, 6.45) is 0. The molecular weight excluding hydrogens is 217 g/mol. The summed E-state index contributed by atoms with van der Waals surface area (Å²) in [4.78, 5) is 0. The summed E-state index contributed by atoms with van der Waals surface area (Å²) in [6, 6.07) is 8.52. The second kappa shape index (κ2) is 4.91. The second-order valence-electron chi connectivity index (χ2n) is 3.82. The first kappa shape index (κ1) is 11.5. The van der Waals surface area contributed by atoms with Crippen LogP contribution in [0.2, 0.25) is 0 Å². The van der Waals surface area contributed by atoms with Crippen LogP contribution in [0.4, 0.5) is 10.2 Å². The number of nitrogens with one attached hydrogen (secondary N) is 1. The molecule has 1 aromatic heterocycles. The van der Waals surface area contributed by atoms with E-state index < -0.39 is 0 Å². The van der Waals surface area contributed by atoms with Crippen LogP contribution in [-0.4, -0.2) is 16.7 Å². The Morgan fingerprint density at radius 2 is 2.00 bits per heavy atom. The number of halogens is 1. The minimum atomic E-state index is -0.277. The molecule has 0 aliphatic carbocycles. The molecule has 0 unspecified atom stereocenters. The predicted molar refractivity (Wildman–Crippen MR) is 66.3 cm³/mol. The molecule has 0 radical (unpaired) electrons. The third-order valence-corrected chi connectivity index (χ3v) is 2.42. The van der Waals surface area contributed by atoms with Gasteiger partial charge in [0.1, 0.15) is 11.6 Å². The van der Waals surface area contributed by atoms with E-state index in [1.54, 1.807) is 24.3 Å². The van der Waals surface area contributed by atoms with Gasteiger partial charge in [0.2, 0.25) is 0 Å². The number of aromatic nitrogens is 2. The lowest BCUT2D eigenvalue weighted by Crippen LogP contribution is -2.01. The molecule has 1 N–H and O–H groups in total. The van der Waals surface area contributed by atoms with Crippen molar-refractivity contribution >= 4 is 5.82 Å². The van der Waals surface area contributed by atoms with Gasteiger partial charge < -0.3 is 5.32 Å². The van der Waals surface area contributed by atoms with Crippen molar-refractivity contribution in [3.05, 3.63) is 41.7 Å². The molecule has 17 heavy (non-hydrogen) atoms. The highest BCUT2D eigenvalue weighted by atomic mass is 19.1. The smallest absolute Gasteiger partial charge is 0.148 e. The van der Waals surface area contributed by atoms with E-state index >= 15 is 0 Å². The van der Waals surface area contributed by atoms with E-state index in [9.17, 15) is 4.39 Å². The third kappa shape index (κ3) is 2.58. The SMILES string of the molecule is CCNc1ccc(-c2cc(C)ccc2F)nn1. The Morgan fingerprint density at radius 3 is 2.65 bits per heavy atom. The highest BCUT2D eigenvalue weighted by Gasteiger charge is 2.07. The van der Waals surface area contributed by atoms with Crippen LogP contribution in [0.25, 0.3) is 11.3 Å². The molecule has 1 aromatic carbocycles. The van der Waals surface area contributed by atoms with Crippen molar-refractivity contribution in [3.8, 4) is 11.3 Å². The van der Waals surface area contributed by atoms with Crippen molar-refractivity contribution < 1.29 is 4.39 Å². The van der Waals surface area contributed by atoms with Gasteiger partial charge in [0.25, 0.3) is 0 Å². The first-order valence-corrected chi connectivity index (χ1v) is 5.55. The number of nitrogens with zero attached hydrogens (tertiary/aromatic N) is 2. The van der Waals surface area contributed by atoms with Crippen molar-refractivity contribution in [2.75, 3.05) is 11.9 Å². The lowest BCUT2D eigenvalue weighted by atomic mass is 10.1. The van der Waals surface area contributed by atoms with Crippen LogP contribution in [0.5, 0.6) is 0 Å². The van der Waals surface area contributed by atoms with Crippen LogP contribution in [0, 0.1) is 12.7 Å². The largest absolute Gasteiger partial charge is 0.369 e. The summed E-state index contributed by atoms with van der Waals surface area (Å²) >= 11 is 0. The fourth-order valence-electron chi connectivity index (χ4n) is 1.59. The molecule has 2 rings (SSSR count). The van der Waals surface area contributed by atoms with E-state index in [1.807, 2.05) is 13.8 Å². The van der Waals surface area contributed by atoms with Crippen LogP contribution in [0.1, 0.15) is 12.5 Å². The molecule has 1 heterocycles. The van der Waals surface area contributed by atoms with Crippen LogP contribution in [0.3, 0.4) is 0 Å². The van der Waals surface area contributed by atoms with Gasteiger partial charge in [-0.1, -0.05) is 11.6 Å². The van der Waals surface area contributed by atoms with Gasteiger partial charge in [0.15, 0.2) is 0 Å². The summed E-state index contributed by atoms with van der Waals surface area (Å²) in [5.41, 5.74) is 2.03. The van der Waals surface area contributed by atoms with Crippen molar-refractivity contribution in [2.24, 2.45) is 0 Å². The van der Waals surface area contributed by atoms with Gasteiger partial charge in [-0.05, 0) is 38.1 Å². The number of aryl methyl sites for hydroxylation is 1. The number of hydrogen-bond donors (Lipinski definition) is 1. The Labute approximate surface area is 99.7 Å². The summed E-state index contributed by atoms with van der Waals surface area (Å²) in [5.74, 6) is 0.422. The van der Waals surface area contributed by atoms with Crippen molar-refractivity contribution in [1.29, 1.82) is 0 Å². The van der Waals surface area contributed by atoms with Crippen LogP contribution in [-0.2, 0) is 0 Å². The maximum atomic E-state index is 13.6. The first-order valence-electron chi connectivity index (χ1n) is 5.55. The van der Waals surface area contributed by atoms with Gasteiger partial charge in [-0.15, -0.1) is 10.2 Å². The average molecular weight is 231 g/mol. The number of hydrogen-bond acceptors (Lipinski definition) is 3. The first-order chi connectivity index (χ1) is 8.20. The maximum absolute atomic E-state index is 13.6. The van der Waals surface area contributed by atoms with E-state index in [0.717, 1.165) is 12.1 Å². The second-order valence-corrected chi connectivity index (χ2v) is 3.82. The van der Waals surface area contributed by atoms with E-state index in [4.69, 9.17) is 0 Å². The molecule has 0 saturated heterocycles. The molecule has 0 bridgehead atoms. The van der Waals surface area contributed by atoms with E-state index in [1.165, 1.54) is 6.07 Å². The van der Waals surface area contributed by atoms with E-state index in [0.29, 0.717) is 17.1 Å². The number of anilines is 1. The maximum Gasteiger partial charge on any atom is 0.148 e. The molecular formula is C13H14FN3. The van der Waals surface area contributed by atoms with Crippen molar-refractivity contribution in [2.45, 2.75) is 13.8 Å². The molecule has 0 saturated carbocycles. The number of benzene rings is 1. The van der Waals surface area contributed by atoms with Gasteiger partial charge in [0.05, 0.1) is 5.69 Å². The highest BCUT2D eigenvalue weighted by molar-refractivity contribution is 5.61. The number of rotatable bonds is 3. The Bertz CT molecular complexity index is 509. The molecule has 88 valence electrons. The average Bonchev–Trinajstić information content (AvgIpc) is 2.34. The van der Waals surface area contributed by atoms with Gasteiger partial charge in [-0.25, -0.2) is 4.39 Å². The quantitative estimate of drug-likeness (QED) is 0.882.